The number of hydrogen-bond donors (Lipinski definition) is 3. The SMILES string of the molecule is Cc1ccc(S(=O)(=O)Nc2c3oc4nc(=S)[nH]c(NS(=O)(=O)c5ccc(C)cc5)c4nc-3c3ccccc3c2=O)cc1. The van der Waals surface area contributed by atoms with Crippen LogP contribution in [0.25, 0.3) is 33.5 Å². The van der Waals surface area contributed by atoms with Crippen LogP contribution >= 0.6 is 12.2 Å². The van der Waals surface area contributed by atoms with E-state index in [-0.39, 0.29) is 54.1 Å². The minimum Gasteiger partial charge on any atom is -0.432 e. The molecule has 4 aromatic rings. The van der Waals surface area contributed by atoms with Gasteiger partial charge in [0.05, 0.1) is 9.79 Å². The highest BCUT2D eigenvalue weighted by molar-refractivity contribution is 7.93. The van der Waals surface area contributed by atoms with E-state index in [9.17, 15) is 21.6 Å². The maximum Gasteiger partial charge on any atom is 0.263 e. The first-order valence-corrected chi connectivity index (χ1v) is 15.8. The second-order valence-electron chi connectivity index (χ2n) is 9.55. The molecule has 42 heavy (non-hydrogen) atoms. The maximum atomic E-state index is 13.6. The first-order chi connectivity index (χ1) is 19.9. The topological polar surface area (TPSA) is 164 Å². The van der Waals surface area contributed by atoms with Gasteiger partial charge >= 0.3 is 0 Å². The van der Waals surface area contributed by atoms with Gasteiger partial charge in [0.15, 0.2) is 17.1 Å². The van der Waals surface area contributed by atoms with Crippen molar-refractivity contribution in [1.82, 2.24) is 15.0 Å². The van der Waals surface area contributed by atoms with Gasteiger partial charge in [-0.15, -0.1) is 0 Å². The predicted molar refractivity (Wildman–Crippen MR) is 161 cm³/mol. The largest absolute Gasteiger partial charge is 0.432 e. The Balaban J connectivity index is 1.59. The first kappa shape index (κ1) is 27.5. The summed E-state index contributed by atoms with van der Waals surface area (Å²) in [6, 6.07) is 18.8. The van der Waals surface area contributed by atoms with Crippen molar-refractivity contribution in [2.75, 3.05) is 9.44 Å². The molecule has 2 aliphatic rings. The van der Waals surface area contributed by atoms with Crippen molar-refractivity contribution in [2.45, 2.75) is 23.6 Å². The normalized spacial score (nSPS) is 12.1. The number of aryl methyl sites for hydroxylation is 2. The average molecular weight is 620 g/mol. The molecule has 6 rings (SSSR count). The molecule has 0 fully saturated rings. The monoisotopic (exact) mass is 619 g/mol. The van der Waals surface area contributed by atoms with Gasteiger partial charge in [0.2, 0.25) is 10.2 Å². The summed E-state index contributed by atoms with van der Waals surface area (Å²) < 4.78 is 63.7. The Bertz CT molecular complexity index is 2330. The molecule has 212 valence electrons. The molecule has 0 saturated carbocycles. The maximum absolute atomic E-state index is 13.6. The number of aromatic amines is 1. The number of H-pyrrole nitrogens is 1. The first-order valence-electron chi connectivity index (χ1n) is 12.4. The molecular weight excluding hydrogens is 599 g/mol. The number of anilines is 2. The highest BCUT2D eigenvalue weighted by Gasteiger charge is 2.28. The Kier molecular flexibility index (Phi) is 6.55. The number of fused-ring (bicyclic) bond motifs is 4. The van der Waals surface area contributed by atoms with Crippen LogP contribution in [0.5, 0.6) is 0 Å². The van der Waals surface area contributed by atoms with Crippen LogP contribution in [0.2, 0.25) is 0 Å². The highest BCUT2D eigenvalue weighted by atomic mass is 32.2. The van der Waals surface area contributed by atoms with E-state index in [0.717, 1.165) is 11.1 Å². The molecule has 2 heterocycles. The molecule has 0 bridgehead atoms. The van der Waals surface area contributed by atoms with Crippen LogP contribution in [0.4, 0.5) is 11.5 Å². The van der Waals surface area contributed by atoms with Gasteiger partial charge in [-0.1, -0.05) is 59.7 Å². The van der Waals surface area contributed by atoms with Gasteiger partial charge in [0.1, 0.15) is 11.4 Å². The van der Waals surface area contributed by atoms with Crippen molar-refractivity contribution < 1.29 is 21.3 Å². The average Bonchev–Trinajstić information content (AvgIpc) is 2.95. The molecule has 14 heteroatoms. The Hall–Kier alpha value is -4.66. The van der Waals surface area contributed by atoms with Gasteiger partial charge in [0.25, 0.3) is 25.8 Å². The third kappa shape index (κ3) is 4.89. The van der Waals surface area contributed by atoms with Crippen molar-refractivity contribution in [3.05, 3.63) is 98.9 Å². The smallest absolute Gasteiger partial charge is 0.263 e. The fourth-order valence-corrected chi connectivity index (χ4v) is 6.67. The van der Waals surface area contributed by atoms with Crippen LogP contribution in [0.15, 0.2) is 91.8 Å². The minimum absolute atomic E-state index is 0.00403. The number of nitrogens with one attached hydrogen (secondary N) is 3. The summed E-state index contributed by atoms with van der Waals surface area (Å²) in [5.41, 5.74) is 0.564. The Morgan fingerprint density at radius 1 is 0.762 bits per heavy atom. The summed E-state index contributed by atoms with van der Waals surface area (Å²) in [6.07, 6.45) is 0. The molecule has 0 spiro atoms. The van der Waals surface area contributed by atoms with Crippen LogP contribution in [0.1, 0.15) is 11.1 Å². The van der Waals surface area contributed by atoms with E-state index in [1.54, 1.807) is 42.5 Å². The lowest BCUT2D eigenvalue weighted by atomic mass is 10.0. The standard InChI is InChI=1S/C28H21N5O6S3/c1-15-7-11-17(12-8-15)41(35,36)32-22-24(34)20-6-4-3-5-19(20)21-25(22)39-27-23(29-21)26(30-28(40)31-27)33-42(37,38)18-13-9-16(2)10-14-18/h3-14,32H,1-2H3,(H2,30,31,33,40). The molecule has 0 unspecified atom stereocenters. The lowest BCUT2D eigenvalue weighted by Gasteiger charge is -2.16. The van der Waals surface area contributed by atoms with E-state index < -0.39 is 25.5 Å². The summed E-state index contributed by atoms with van der Waals surface area (Å²) in [5, 5.41) is 0.531. The van der Waals surface area contributed by atoms with E-state index in [4.69, 9.17) is 16.6 Å². The third-order valence-corrected chi connectivity index (χ3v) is 9.45. The molecule has 1 aliphatic carbocycles. The molecule has 11 nitrogen and oxygen atoms in total. The second-order valence-corrected chi connectivity index (χ2v) is 13.3. The molecule has 1 aromatic heterocycles. The van der Waals surface area contributed by atoms with Gasteiger partial charge in [-0.3, -0.25) is 14.2 Å². The summed E-state index contributed by atoms with van der Waals surface area (Å²) in [4.78, 5) is 25.0. The quantitative estimate of drug-likeness (QED) is 0.130. The molecule has 0 radical (unpaired) electrons. The van der Waals surface area contributed by atoms with Gasteiger partial charge in [-0.05, 0) is 50.3 Å². The lowest BCUT2D eigenvalue weighted by molar-refractivity contribution is 0.593. The van der Waals surface area contributed by atoms with E-state index in [0.29, 0.717) is 5.39 Å². The van der Waals surface area contributed by atoms with Gasteiger partial charge in [0, 0.05) is 10.8 Å². The van der Waals surface area contributed by atoms with E-state index in [1.165, 1.54) is 30.3 Å². The van der Waals surface area contributed by atoms with E-state index in [1.807, 2.05) is 13.8 Å². The van der Waals surface area contributed by atoms with Crippen molar-refractivity contribution in [1.29, 1.82) is 0 Å². The highest BCUT2D eigenvalue weighted by Crippen LogP contribution is 2.37. The van der Waals surface area contributed by atoms with Crippen LogP contribution in [0, 0.1) is 18.6 Å². The van der Waals surface area contributed by atoms with Crippen molar-refractivity contribution in [3.8, 4) is 11.5 Å². The molecular formula is C28H21N5O6S3. The fraction of sp³-hybridized carbons (Fsp3) is 0.0714. The molecule has 1 aliphatic heterocycles. The lowest BCUT2D eigenvalue weighted by Crippen LogP contribution is -2.21. The fourth-order valence-electron chi connectivity index (χ4n) is 4.39. The summed E-state index contributed by atoms with van der Waals surface area (Å²) in [5.74, 6) is -0.310. The number of rotatable bonds is 6. The zero-order valence-corrected chi connectivity index (χ0v) is 24.4. The van der Waals surface area contributed by atoms with Gasteiger partial charge in [-0.2, -0.15) is 4.98 Å². The Morgan fingerprint density at radius 2 is 1.31 bits per heavy atom. The van der Waals surface area contributed by atoms with Crippen molar-refractivity contribution in [2.24, 2.45) is 0 Å². The Morgan fingerprint density at radius 3 is 1.90 bits per heavy atom. The molecule has 0 amide bonds. The third-order valence-electron chi connectivity index (χ3n) is 6.53. The summed E-state index contributed by atoms with van der Waals surface area (Å²) in [6.45, 7) is 3.65. The van der Waals surface area contributed by atoms with Gasteiger partial charge in [-0.25, -0.2) is 21.8 Å². The van der Waals surface area contributed by atoms with Crippen LogP contribution < -0.4 is 14.9 Å². The van der Waals surface area contributed by atoms with Crippen LogP contribution in [0.3, 0.4) is 0 Å². The van der Waals surface area contributed by atoms with Crippen molar-refractivity contribution in [3.63, 3.8) is 0 Å². The summed E-state index contributed by atoms with van der Waals surface area (Å²) >= 11 is 5.21. The number of aromatic nitrogens is 3. The van der Waals surface area contributed by atoms with E-state index in [2.05, 4.69) is 24.4 Å². The zero-order chi connectivity index (χ0) is 29.8. The molecule has 0 atom stereocenters. The number of hydrogen-bond acceptors (Lipinski definition) is 9. The van der Waals surface area contributed by atoms with Crippen LogP contribution in [-0.4, -0.2) is 31.8 Å². The van der Waals surface area contributed by atoms with Gasteiger partial charge < -0.3 is 9.40 Å². The Labute approximate surface area is 244 Å². The van der Waals surface area contributed by atoms with E-state index >= 15 is 0 Å². The number of nitrogens with zero attached hydrogens (tertiary/aromatic N) is 2. The molecule has 0 saturated heterocycles. The number of sulfonamides is 2. The van der Waals surface area contributed by atoms with Crippen LogP contribution in [-0.2, 0) is 20.0 Å². The minimum atomic E-state index is -4.22. The zero-order valence-electron chi connectivity index (χ0n) is 22.0. The number of benzene rings is 4. The predicted octanol–water partition coefficient (Wildman–Crippen LogP) is 5.12. The summed E-state index contributed by atoms with van der Waals surface area (Å²) in [7, 11) is -8.30. The molecule has 3 N–H and O–H groups in total. The van der Waals surface area contributed by atoms with Crippen molar-refractivity contribution >= 4 is 65.8 Å². The molecule has 3 aromatic carbocycles. The second kappa shape index (κ2) is 10.0.